The van der Waals surface area contributed by atoms with E-state index in [1.807, 2.05) is 0 Å². The molecule has 112 valence electrons. The van der Waals surface area contributed by atoms with Gasteiger partial charge in [0.1, 0.15) is 5.82 Å². The average molecular weight is 427 g/mol. The third-order valence-corrected chi connectivity index (χ3v) is 4.16. The van der Waals surface area contributed by atoms with Crippen LogP contribution in [-0.4, -0.2) is 0 Å². The third kappa shape index (κ3) is 3.64. The average Bonchev–Trinajstić information content (AvgIpc) is 2.40. The van der Waals surface area contributed by atoms with Crippen molar-refractivity contribution in [3.63, 3.8) is 0 Å². The van der Waals surface area contributed by atoms with Gasteiger partial charge >= 0.3 is 6.18 Å². The molecule has 0 bridgehead atoms. The molecule has 2 rings (SSSR count). The molecule has 0 aliphatic heterocycles. The second-order valence-electron chi connectivity index (χ2n) is 4.38. The molecule has 1 nitrogen and oxygen atoms in total. The molecule has 0 fully saturated rings. The molecule has 21 heavy (non-hydrogen) atoms. The van der Waals surface area contributed by atoms with Crippen LogP contribution in [0.15, 0.2) is 45.3 Å². The van der Waals surface area contributed by atoms with Gasteiger partial charge in [-0.15, -0.1) is 0 Å². The summed E-state index contributed by atoms with van der Waals surface area (Å²) in [5.41, 5.74) is 5.47. The Kier molecular flexibility index (Phi) is 4.75. The lowest BCUT2D eigenvalue weighted by Gasteiger charge is -2.17. The molecule has 7 heteroatoms. The monoisotopic (exact) mass is 425 g/mol. The second-order valence-corrected chi connectivity index (χ2v) is 6.15. The topological polar surface area (TPSA) is 26.0 Å². The normalized spacial score (nSPS) is 13.3. The van der Waals surface area contributed by atoms with E-state index in [4.69, 9.17) is 5.73 Å². The van der Waals surface area contributed by atoms with E-state index >= 15 is 0 Å². The predicted molar refractivity (Wildman–Crippen MR) is 79.3 cm³/mol. The zero-order valence-corrected chi connectivity index (χ0v) is 13.6. The molecule has 0 saturated carbocycles. The van der Waals surface area contributed by atoms with Gasteiger partial charge in [0.05, 0.1) is 11.6 Å². The standard InChI is InChI=1S/C14H9Br2F4N/c15-8-2-3-11(16)9(6-8)13(21)7-1-4-12(17)10(5-7)14(18,19)20/h1-6,13H,21H2. The van der Waals surface area contributed by atoms with Crippen molar-refractivity contribution in [1.82, 2.24) is 0 Å². The van der Waals surface area contributed by atoms with Crippen LogP contribution in [-0.2, 0) is 6.18 Å². The number of hydrogen-bond donors (Lipinski definition) is 1. The van der Waals surface area contributed by atoms with Gasteiger partial charge in [-0.3, -0.25) is 0 Å². The summed E-state index contributed by atoms with van der Waals surface area (Å²) in [6.45, 7) is 0. The fourth-order valence-corrected chi connectivity index (χ4v) is 2.76. The van der Waals surface area contributed by atoms with E-state index in [0.29, 0.717) is 10.0 Å². The number of benzene rings is 2. The first-order valence-electron chi connectivity index (χ1n) is 5.77. The van der Waals surface area contributed by atoms with Crippen molar-refractivity contribution < 1.29 is 17.6 Å². The minimum absolute atomic E-state index is 0.183. The van der Waals surface area contributed by atoms with Gasteiger partial charge in [0.25, 0.3) is 0 Å². The van der Waals surface area contributed by atoms with E-state index in [2.05, 4.69) is 31.9 Å². The summed E-state index contributed by atoms with van der Waals surface area (Å²) >= 11 is 6.58. The van der Waals surface area contributed by atoms with Crippen LogP contribution in [0.3, 0.4) is 0 Å². The Morgan fingerprint density at radius 3 is 2.29 bits per heavy atom. The molecule has 2 aromatic carbocycles. The minimum atomic E-state index is -4.76. The molecule has 0 radical (unpaired) electrons. The van der Waals surface area contributed by atoms with Gasteiger partial charge in [-0.25, -0.2) is 4.39 Å². The lowest BCUT2D eigenvalue weighted by Crippen LogP contribution is -2.15. The first-order chi connectivity index (χ1) is 9.70. The fraction of sp³-hybridized carbons (Fsp3) is 0.143. The Hall–Kier alpha value is -0.920. The molecule has 0 amide bonds. The summed E-state index contributed by atoms with van der Waals surface area (Å²) in [6, 6.07) is 7.17. The third-order valence-electron chi connectivity index (χ3n) is 2.95. The van der Waals surface area contributed by atoms with Crippen LogP contribution in [0.5, 0.6) is 0 Å². The van der Waals surface area contributed by atoms with Crippen LogP contribution < -0.4 is 5.73 Å². The summed E-state index contributed by atoms with van der Waals surface area (Å²) in [7, 11) is 0. The molecular weight excluding hydrogens is 418 g/mol. The lowest BCUT2D eigenvalue weighted by molar-refractivity contribution is -0.140. The van der Waals surface area contributed by atoms with E-state index in [9.17, 15) is 17.6 Å². The van der Waals surface area contributed by atoms with E-state index < -0.39 is 23.6 Å². The Bertz CT molecular complexity index is 671. The van der Waals surface area contributed by atoms with Crippen LogP contribution in [0.1, 0.15) is 22.7 Å². The first-order valence-corrected chi connectivity index (χ1v) is 7.36. The lowest BCUT2D eigenvalue weighted by atomic mass is 9.97. The Balaban J connectivity index is 2.49. The molecule has 1 atom stereocenters. The molecule has 0 aliphatic carbocycles. The largest absolute Gasteiger partial charge is 0.419 e. The van der Waals surface area contributed by atoms with Crippen molar-refractivity contribution in [2.75, 3.05) is 0 Å². The highest BCUT2D eigenvalue weighted by atomic mass is 79.9. The zero-order chi connectivity index (χ0) is 15.8. The molecule has 0 saturated heterocycles. The summed E-state index contributed by atoms with van der Waals surface area (Å²) in [5.74, 6) is -1.31. The minimum Gasteiger partial charge on any atom is -0.320 e. The number of nitrogens with two attached hydrogens (primary N) is 1. The quantitative estimate of drug-likeness (QED) is 0.637. The van der Waals surface area contributed by atoms with E-state index in [1.165, 1.54) is 6.07 Å². The molecule has 2 aromatic rings. The van der Waals surface area contributed by atoms with Crippen LogP contribution >= 0.6 is 31.9 Å². The molecule has 0 aromatic heterocycles. The molecular formula is C14H9Br2F4N. The van der Waals surface area contributed by atoms with Crippen molar-refractivity contribution in [3.05, 3.63) is 67.9 Å². The second kappa shape index (κ2) is 6.06. The zero-order valence-electron chi connectivity index (χ0n) is 10.4. The van der Waals surface area contributed by atoms with Crippen molar-refractivity contribution >= 4 is 31.9 Å². The molecule has 2 N–H and O–H groups in total. The van der Waals surface area contributed by atoms with E-state index in [1.54, 1.807) is 18.2 Å². The van der Waals surface area contributed by atoms with Crippen molar-refractivity contribution in [1.29, 1.82) is 0 Å². The molecule has 0 heterocycles. The summed E-state index contributed by atoms with van der Waals surface area (Å²) in [4.78, 5) is 0. The first kappa shape index (κ1) is 16.5. The molecule has 1 unspecified atom stereocenters. The fourth-order valence-electron chi connectivity index (χ4n) is 1.89. The van der Waals surface area contributed by atoms with Gasteiger partial charge in [-0.2, -0.15) is 13.2 Å². The Morgan fingerprint density at radius 2 is 1.67 bits per heavy atom. The predicted octanol–water partition coefficient (Wildman–Crippen LogP) is 5.42. The molecule has 0 spiro atoms. The number of rotatable bonds is 2. The van der Waals surface area contributed by atoms with Gasteiger partial charge < -0.3 is 5.73 Å². The van der Waals surface area contributed by atoms with Crippen LogP contribution in [0.2, 0.25) is 0 Å². The van der Waals surface area contributed by atoms with Crippen LogP contribution in [0, 0.1) is 5.82 Å². The number of alkyl halides is 3. The van der Waals surface area contributed by atoms with Gasteiger partial charge in [0, 0.05) is 8.95 Å². The van der Waals surface area contributed by atoms with Crippen LogP contribution in [0.25, 0.3) is 0 Å². The number of hydrogen-bond acceptors (Lipinski definition) is 1. The van der Waals surface area contributed by atoms with E-state index in [-0.39, 0.29) is 5.56 Å². The van der Waals surface area contributed by atoms with Crippen molar-refractivity contribution in [2.45, 2.75) is 12.2 Å². The van der Waals surface area contributed by atoms with Gasteiger partial charge in [0.15, 0.2) is 0 Å². The Labute approximate surface area is 135 Å². The van der Waals surface area contributed by atoms with Crippen molar-refractivity contribution in [3.8, 4) is 0 Å². The summed E-state index contributed by atoms with van der Waals surface area (Å²) in [6.07, 6.45) is -4.76. The summed E-state index contributed by atoms with van der Waals surface area (Å²) in [5, 5.41) is 0. The highest BCUT2D eigenvalue weighted by Gasteiger charge is 2.34. The van der Waals surface area contributed by atoms with Gasteiger partial charge in [-0.1, -0.05) is 37.9 Å². The van der Waals surface area contributed by atoms with Gasteiger partial charge in [-0.05, 0) is 41.5 Å². The highest BCUT2D eigenvalue weighted by Crippen LogP contribution is 2.35. The number of halogens is 6. The SMILES string of the molecule is NC(c1ccc(F)c(C(F)(F)F)c1)c1cc(Br)ccc1Br. The van der Waals surface area contributed by atoms with E-state index in [0.717, 1.165) is 16.6 Å². The maximum atomic E-state index is 13.3. The highest BCUT2D eigenvalue weighted by molar-refractivity contribution is 9.11. The Morgan fingerprint density at radius 1 is 1.00 bits per heavy atom. The van der Waals surface area contributed by atoms with Crippen molar-refractivity contribution in [2.24, 2.45) is 5.73 Å². The van der Waals surface area contributed by atoms with Crippen LogP contribution in [0.4, 0.5) is 17.6 Å². The summed E-state index contributed by atoms with van der Waals surface area (Å²) < 4.78 is 52.9. The smallest absolute Gasteiger partial charge is 0.320 e. The molecule has 0 aliphatic rings. The van der Waals surface area contributed by atoms with Gasteiger partial charge in [0.2, 0.25) is 0 Å². The maximum absolute atomic E-state index is 13.3. The maximum Gasteiger partial charge on any atom is 0.419 e.